The molecular weight excluding hydrogens is 506 g/mol. The molecular formula is C25H27F4N7O2. The van der Waals surface area contributed by atoms with Gasteiger partial charge in [0.25, 0.3) is 0 Å². The van der Waals surface area contributed by atoms with Gasteiger partial charge in [-0.2, -0.15) is 13.2 Å². The van der Waals surface area contributed by atoms with E-state index in [-0.39, 0.29) is 32.3 Å². The van der Waals surface area contributed by atoms with E-state index in [4.69, 9.17) is 9.72 Å². The van der Waals surface area contributed by atoms with Crippen molar-refractivity contribution in [1.82, 2.24) is 25.2 Å². The zero-order chi connectivity index (χ0) is 26.7. The zero-order valence-corrected chi connectivity index (χ0v) is 20.5. The van der Waals surface area contributed by atoms with E-state index >= 15 is 4.39 Å². The number of nitrogens with zero attached hydrogens (tertiary/aromatic N) is 5. The summed E-state index contributed by atoms with van der Waals surface area (Å²) in [5.74, 6) is -0.937. The maximum Gasteiger partial charge on any atom is 0.397 e. The Morgan fingerprint density at radius 1 is 1.13 bits per heavy atom. The number of rotatable bonds is 6. The van der Waals surface area contributed by atoms with Crippen LogP contribution in [0.1, 0.15) is 6.42 Å². The molecule has 0 aliphatic carbocycles. The van der Waals surface area contributed by atoms with Crippen molar-refractivity contribution in [1.29, 1.82) is 0 Å². The minimum atomic E-state index is -4.55. The van der Waals surface area contributed by atoms with Gasteiger partial charge in [0, 0.05) is 63.8 Å². The topological polar surface area (TPSA) is 95.5 Å². The smallest absolute Gasteiger partial charge is 0.374 e. The van der Waals surface area contributed by atoms with Crippen LogP contribution in [0.2, 0.25) is 0 Å². The van der Waals surface area contributed by atoms with Crippen molar-refractivity contribution in [3.05, 3.63) is 42.5 Å². The number of hydrogen-bond donors (Lipinski definition) is 2. The Morgan fingerprint density at radius 2 is 1.92 bits per heavy atom. The molecule has 0 radical (unpaired) electrons. The number of aromatic nitrogens is 3. The van der Waals surface area contributed by atoms with Crippen LogP contribution in [0.15, 0.2) is 36.7 Å². The molecule has 0 bridgehead atoms. The van der Waals surface area contributed by atoms with E-state index in [0.717, 1.165) is 6.54 Å². The average molecular weight is 534 g/mol. The first-order valence-electron chi connectivity index (χ1n) is 12.3. The number of ether oxygens (including phenoxy) is 1. The molecule has 3 aromatic rings. The predicted molar refractivity (Wildman–Crippen MR) is 133 cm³/mol. The number of halogens is 4. The summed E-state index contributed by atoms with van der Waals surface area (Å²) >= 11 is 0. The number of benzene rings is 1. The van der Waals surface area contributed by atoms with Crippen LogP contribution >= 0.6 is 0 Å². The first-order chi connectivity index (χ1) is 18.3. The molecule has 1 amide bonds. The summed E-state index contributed by atoms with van der Waals surface area (Å²) in [6, 6.07) is 6.47. The Labute approximate surface area is 216 Å². The van der Waals surface area contributed by atoms with Crippen molar-refractivity contribution >= 4 is 28.4 Å². The third-order valence-electron chi connectivity index (χ3n) is 6.53. The highest BCUT2D eigenvalue weighted by molar-refractivity contribution is 5.88. The number of anilines is 2. The third-order valence-corrected chi connectivity index (χ3v) is 6.53. The normalized spacial score (nSPS) is 18.6. The van der Waals surface area contributed by atoms with Crippen LogP contribution in [0.5, 0.6) is 0 Å². The van der Waals surface area contributed by atoms with Crippen LogP contribution < -0.4 is 15.5 Å². The fraction of sp³-hybridized carbons (Fsp3) is 0.440. The molecule has 4 heterocycles. The standard InChI is InChI=1S/C25H27F4N7O2/c26-18-11-16(1-2-21(18)35-6-8-36(9-7-35)22(37)13-25(27,28)29)19-12-20-23(32-4-3-31-20)24(34-19)33-15-17-14-30-5-10-38-17/h1-4,11-12,17,30H,5-10,13-15H2,(H,33,34). The molecule has 1 atom stereocenters. The fourth-order valence-corrected chi connectivity index (χ4v) is 4.61. The Balaban J connectivity index is 1.31. The first-order valence-corrected chi connectivity index (χ1v) is 12.3. The van der Waals surface area contributed by atoms with Crippen molar-refractivity contribution in [3.63, 3.8) is 0 Å². The van der Waals surface area contributed by atoms with Gasteiger partial charge in [-0.1, -0.05) is 6.07 Å². The largest absolute Gasteiger partial charge is 0.397 e. The number of nitrogens with one attached hydrogen (secondary N) is 2. The van der Waals surface area contributed by atoms with Gasteiger partial charge in [-0.15, -0.1) is 0 Å². The number of pyridine rings is 1. The van der Waals surface area contributed by atoms with Crippen LogP contribution in [0.25, 0.3) is 22.3 Å². The first kappa shape index (κ1) is 26.0. The Hall–Kier alpha value is -3.58. The number of hydrogen-bond acceptors (Lipinski definition) is 8. The number of morpholine rings is 1. The molecule has 2 aliphatic rings. The van der Waals surface area contributed by atoms with Gasteiger partial charge in [-0.25, -0.2) is 14.4 Å². The number of amides is 1. The van der Waals surface area contributed by atoms with Gasteiger partial charge in [-0.3, -0.25) is 9.78 Å². The molecule has 2 aliphatic heterocycles. The van der Waals surface area contributed by atoms with E-state index in [1.165, 1.54) is 11.0 Å². The van der Waals surface area contributed by atoms with Gasteiger partial charge in [0.2, 0.25) is 5.91 Å². The average Bonchev–Trinajstić information content (AvgIpc) is 2.91. The number of carbonyl (C=O) groups excluding carboxylic acids is 1. The Kier molecular flexibility index (Phi) is 7.56. The number of alkyl halides is 3. The van der Waals surface area contributed by atoms with Gasteiger partial charge in [-0.05, 0) is 18.2 Å². The van der Waals surface area contributed by atoms with E-state index < -0.39 is 24.3 Å². The molecule has 1 aromatic carbocycles. The summed E-state index contributed by atoms with van der Waals surface area (Å²) in [6.45, 7) is 3.32. The number of piperazine rings is 1. The lowest BCUT2D eigenvalue weighted by atomic mass is 10.1. The molecule has 2 fully saturated rings. The van der Waals surface area contributed by atoms with E-state index in [2.05, 4.69) is 20.6 Å². The van der Waals surface area contributed by atoms with Crippen molar-refractivity contribution in [2.75, 3.05) is 62.6 Å². The van der Waals surface area contributed by atoms with E-state index in [9.17, 15) is 18.0 Å². The summed E-state index contributed by atoms with van der Waals surface area (Å²) in [7, 11) is 0. The molecule has 202 valence electrons. The Bertz CT molecular complexity index is 1290. The van der Waals surface area contributed by atoms with Crippen molar-refractivity contribution in [2.24, 2.45) is 0 Å². The van der Waals surface area contributed by atoms with Gasteiger partial charge in [0.05, 0.1) is 29.6 Å². The molecule has 0 spiro atoms. The molecule has 13 heteroatoms. The third kappa shape index (κ3) is 6.10. The highest BCUT2D eigenvalue weighted by Gasteiger charge is 2.34. The maximum absolute atomic E-state index is 15.2. The molecule has 2 saturated heterocycles. The molecule has 0 saturated carbocycles. The second kappa shape index (κ2) is 11.0. The minimum Gasteiger partial charge on any atom is -0.374 e. The quantitative estimate of drug-likeness (QED) is 0.468. The van der Waals surface area contributed by atoms with Crippen LogP contribution in [0.4, 0.5) is 29.1 Å². The molecule has 38 heavy (non-hydrogen) atoms. The van der Waals surface area contributed by atoms with Crippen LogP contribution in [-0.2, 0) is 9.53 Å². The van der Waals surface area contributed by atoms with Crippen molar-refractivity contribution < 1.29 is 27.1 Å². The highest BCUT2D eigenvalue weighted by atomic mass is 19.4. The Morgan fingerprint density at radius 3 is 2.63 bits per heavy atom. The molecule has 2 aromatic heterocycles. The summed E-state index contributed by atoms with van der Waals surface area (Å²) in [5, 5.41) is 6.57. The molecule has 9 nitrogen and oxygen atoms in total. The molecule has 5 rings (SSSR count). The SMILES string of the molecule is O=C(CC(F)(F)F)N1CCN(c2ccc(-c3cc4nccnc4c(NCC4CNCCO4)n3)cc2F)CC1. The maximum atomic E-state index is 15.2. The van der Waals surface area contributed by atoms with E-state index in [0.29, 0.717) is 53.5 Å². The van der Waals surface area contributed by atoms with Gasteiger partial charge < -0.3 is 25.2 Å². The summed E-state index contributed by atoms with van der Waals surface area (Å²) in [6.07, 6.45) is -2.90. The molecule has 2 N–H and O–H groups in total. The summed E-state index contributed by atoms with van der Waals surface area (Å²) in [4.78, 5) is 28.2. The highest BCUT2D eigenvalue weighted by Crippen LogP contribution is 2.30. The van der Waals surface area contributed by atoms with Crippen molar-refractivity contribution in [3.8, 4) is 11.3 Å². The summed E-state index contributed by atoms with van der Waals surface area (Å²) in [5.41, 5.74) is 2.56. The minimum absolute atomic E-state index is 0.0260. The predicted octanol–water partition coefficient (Wildman–Crippen LogP) is 2.83. The van der Waals surface area contributed by atoms with Gasteiger partial charge in [0.1, 0.15) is 17.8 Å². The number of carbonyl (C=O) groups is 1. The van der Waals surface area contributed by atoms with Gasteiger partial charge >= 0.3 is 6.18 Å². The second-order valence-electron chi connectivity index (χ2n) is 9.18. The molecule has 1 unspecified atom stereocenters. The van der Waals surface area contributed by atoms with Gasteiger partial charge in [0.15, 0.2) is 5.82 Å². The fourth-order valence-electron chi connectivity index (χ4n) is 4.61. The number of fused-ring (bicyclic) bond motifs is 1. The lowest BCUT2D eigenvalue weighted by Gasteiger charge is -2.36. The van der Waals surface area contributed by atoms with E-state index in [1.807, 2.05) is 0 Å². The van der Waals surface area contributed by atoms with E-state index in [1.54, 1.807) is 35.5 Å². The monoisotopic (exact) mass is 533 g/mol. The summed E-state index contributed by atoms with van der Waals surface area (Å²) < 4.78 is 58.6. The lowest BCUT2D eigenvalue weighted by Crippen LogP contribution is -2.49. The van der Waals surface area contributed by atoms with Crippen LogP contribution in [0.3, 0.4) is 0 Å². The second-order valence-corrected chi connectivity index (χ2v) is 9.18. The van der Waals surface area contributed by atoms with Crippen LogP contribution in [-0.4, -0.2) is 90.5 Å². The van der Waals surface area contributed by atoms with Crippen LogP contribution in [0, 0.1) is 5.82 Å². The lowest BCUT2D eigenvalue weighted by molar-refractivity contribution is -0.161. The van der Waals surface area contributed by atoms with Crippen molar-refractivity contribution in [2.45, 2.75) is 18.7 Å². The zero-order valence-electron chi connectivity index (χ0n) is 20.5.